The Balaban J connectivity index is 1.75. The lowest BCUT2D eigenvalue weighted by molar-refractivity contribution is 0.681. The van der Waals surface area contributed by atoms with Crippen molar-refractivity contribution in [3.8, 4) is 0 Å². The zero-order valence-electron chi connectivity index (χ0n) is 11.1. The lowest BCUT2D eigenvalue weighted by atomic mass is 10.2. The van der Waals surface area contributed by atoms with E-state index in [9.17, 15) is 0 Å². The van der Waals surface area contributed by atoms with Crippen LogP contribution in [-0.2, 0) is 12.3 Å². The molecule has 1 aliphatic carbocycles. The van der Waals surface area contributed by atoms with Gasteiger partial charge in [0.25, 0.3) is 0 Å². The molecule has 0 amide bonds. The molecule has 0 unspecified atom stereocenters. The van der Waals surface area contributed by atoms with E-state index in [0.717, 1.165) is 28.3 Å². The van der Waals surface area contributed by atoms with Crippen LogP contribution >= 0.6 is 23.4 Å². The van der Waals surface area contributed by atoms with E-state index in [1.807, 2.05) is 24.3 Å². The predicted molar refractivity (Wildman–Crippen MR) is 83.2 cm³/mol. The highest BCUT2D eigenvalue weighted by atomic mass is 35.5. The molecule has 1 saturated carbocycles. The minimum atomic E-state index is 0.600. The summed E-state index contributed by atoms with van der Waals surface area (Å²) in [6, 6.07) is 7.93. The molecule has 20 heavy (non-hydrogen) atoms. The maximum absolute atomic E-state index is 6.01. The number of allylic oxidation sites excluding steroid dienone is 1. The van der Waals surface area contributed by atoms with Crippen LogP contribution < -0.4 is 0 Å². The van der Waals surface area contributed by atoms with Crippen molar-refractivity contribution in [2.75, 3.05) is 0 Å². The van der Waals surface area contributed by atoms with Gasteiger partial charge in [0.05, 0.1) is 0 Å². The van der Waals surface area contributed by atoms with Crippen LogP contribution in [0.3, 0.4) is 0 Å². The summed E-state index contributed by atoms with van der Waals surface area (Å²) in [5.74, 6) is 2.56. The van der Waals surface area contributed by atoms with Crippen molar-refractivity contribution in [2.45, 2.75) is 36.2 Å². The molecule has 0 spiro atoms. The third-order valence-corrected chi connectivity index (χ3v) is 4.53. The maximum atomic E-state index is 6.01. The van der Waals surface area contributed by atoms with Gasteiger partial charge in [0.15, 0.2) is 5.16 Å². The molecule has 3 rings (SSSR count). The van der Waals surface area contributed by atoms with Crippen molar-refractivity contribution < 1.29 is 0 Å². The average Bonchev–Trinajstić information content (AvgIpc) is 3.20. The normalized spacial score (nSPS) is 14.4. The fourth-order valence-electron chi connectivity index (χ4n) is 2.13. The summed E-state index contributed by atoms with van der Waals surface area (Å²) in [4.78, 5) is 0. The first-order chi connectivity index (χ1) is 9.78. The Kier molecular flexibility index (Phi) is 4.13. The van der Waals surface area contributed by atoms with Crippen molar-refractivity contribution in [1.82, 2.24) is 14.8 Å². The summed E-state index contributed by atoms with van der Waals surface area (Å²) < 4.78 is 2.18. The number of hydrogen-bond acceptors (Lipinski definition) is 3. The first-order valence-electron chi connectivity index (χ1n) is 6.69. The van der Waals surface area contributed by atoms with Gasteiger partial charge in [0.2, 0.25) is 0 Å². The number of halogens is 1. The van der Waals surface area contributed by atoms with Gasteiger partial charge in [-0.3, -0.25) is 0 Å². The highest BCUT2D eigenvalue weighted by molar-refractivity contribution is 7.98. The molecule has 1 aromatic carbocycles. The zero-order valence-corrected chi connectivity index (χ0v) is 12.7. The van der Waals surface area contributed by atoms with Crippen molar-refractivity contribution in [1.29, 1.82) is 0 Å². The van der Waals surface area contributed by atoms with Gasteiger partial charge in [-0.1, -0.05) is 41.6 Å². The fourth-order valence-corrected chi connectivity index (χ4v) is 3.24. The second-order valence-electron chi connectivity index (χ2n) is 4.93. The van der Waals surface area contributed by atoms with E-state index in [2.05, 4.69) is 27.4 Å². The molecule has 5 heteroatoms. The maximum Gasteiger partial charge on any atom is 0.191 e. The van der Waals surface area contributed by atoms with E-state index in [-0.39, 0.29) is 0 Å². The van der Waals surface area contributed by atoms with E-state index < -0.39 is 0 Å². The second kappa shape index (κ2) is 6.02. The molecule has 0 aliphatic heterocycles. The highest BCUT2D eigenvalue weighted by Crippen LogP contribution is 2.40. The molecule has 0 atom stereocenters. The van der Waals surface area contributed by atoms with Crippen LogP contribution in [0.15, 0.2) is 42.1 Å². The van der Waals surface area contributed by atoms with Crippen molar-refractivity contribution in [3.05, 3.63) is 53.3 Å². The summed E-state index contributed by atoms with van der Waals surface area (Å²) in [5.41, 5.74) is 1.20. The first kappa shape index (κ1) is 13.7. The minimum Gasteiger partial charge on any atom is -0.302 e. The molecule has 0 bridgehead atoms. The molecule has 2 aromatic rings. The Hall–Kier alpha value is -1.26. The Labute approximate surface area is 128 Å². The molecule has 0 N–H and O–H groups in total. The summed E-state index contributed by atoms with van der Waals surface area (Å²) in [7, 11) is 0. The predicted octanol–water partition coefficient (Wildman–Crippen LogP) is 4.29. The quantitative estimate of drug-likeness (QED) is 0.589. The summed E-state index contributed by atoms with van der Waals surface area (Å²) >= 11 is 7.70. The monoisotopic (exact) mass is 305 g/mol. The van der Waals surface area contributed by atoms with Gasteiger partial charge < -0.3 is 4.57 Å². The number of hydrogen-bond donors (Lipinski definition) is 0. The molecule has 1 fully saturated rings. The van der Waals surface area contributed by atoms with Crippen LogP contribution in [0.4, 0.5) is 0 Å². The molecule has 1 aliphatic rings. The van der Waals surface area contributed by atoms with Gasteiger partial charge >= 0.3 is 0 Å². The topological polar surface area (TPSA) is 30.7 Å². The number of benzene rings is 1. The Morgan fingerprint density at radius 1 is 1.40 bits per heavy atom. The van der Waals surface area contributed by atoms with E-state index >= 15 is 0 Å². The lowest BCUT2D eigenvalue weighted by Gasteiger charge is -2.07. The smallest absolute Gasteiger partial charge is 0.191 e. The van der Waals surface area contributed by atoms with Crippen LogP contribution in [-0.4, -0.2) is 14.8 Å². The highest BCUT2D eigenvalue weighted by Gasteiger charge is 2.30. The van der Waals surface area contributed by atoms with Gasteiger partial charge in [-0.2, -0.15) is 0 Å². The molecule has 3 nitrogen and oxygen atoms in total. The largest absolute Gasteiger partial charge is 0.302 e. The SMILES string of the molecule is C=CCn1c(SCc2cccc(Cl)c2)nnc1C1CC1. The molecule has 0 saturated heterocycles. The van der Waals surface area contributed by atoms with Gasteiger partial charge in [0.1, 0.15) is 5.82 Å². The number of nitrogens with zero attached hydrogens (tertiary/aromatic N) is 3. The van der Waals surface area contributed by atoms with Crippen molar-refractivity contribution in [3.63, 3.8) is 0 Å². The van der Waals surface area contributed by atoms with Crippen LogP contribution in [0.1, 0.15) is 30.1 Å². The van der Waals surface area contributed by atoms with E-state index in [1.54, 1.807) is 11.8 Å². The van der Waals surface area contributed by atoms with Crippen molar-refractivity contribution in [2.24, 2.45) is 0 Å². The van der Waals surface area contributed by atoms with Gasteiger partial charge in [-0.15, -0.1) is 16.8 Å². The van der Waals surface area contributed by atoms with E-state index in [4.69, 9.17) is 11.6 Å². The number of thioether (sulfide) groups is 1. The molecule has 1 heterocycles. The molecule has 104 valence electrons. The summed E-state index contributed by atoms with van der Waals surface area (Å²) in [6.45, 7) is 4.60. The second-order valence-corrected chi connectivity index (χ2v) is 6.31. The van der Waals surface area contributed by atoms with Gasteiger partial charge in [-0.25, -0.2) is 0 Å². The molecule has 0 radical (unpaired) electrons. The fraction of sp³-hybridized carbons (Fsp3) is 0.333. The van der Waals surface area contributed by atoms with E-state index in [1.165, 1.54) is 18.4 Å². The average molecular weight is 306 g/mol. The molecule has 1 aromatic heterocycles. The van der Waals surface area contributed by atoms with Crippen LogP contribution in [0.5, 0.6) is 0 Å². The standard InChI is InChI=1S/C15H16ClN3S/c1-2-8-19-14(12-6-7-12)17-18-15(19)20-10-11-4-3-5-13(16)9-11/h2-5,9,12H,1,6-8,10H2. The number of aromatic nitrogens is 3. The van der Waals surface area contributed by atoms with Crippen LogP contribution in [0.25, 0.3) is 0 Å². The van der Waals surface area contributed by atoms with E-state index in [0.29, 0.717) is 5.92 Å². The zero-order chi connectivity index (χ0) is 13.9. The minimum absolute atomic E-state index is 0.600. The lowest BCUT2D eigenvalue weighted by Crippen LogP contribution is -2.02. The Bertz CT molecular complexity index is 619. The van der Waals surface area contributed by atoms with Crippen LogP contribution in [0.2, 0.25) is 5.02 Å². The Morgan fingerprint density at radius 2 is 2.25 bits per heavy atom. The summed E-state index contributed by atoms with van der Waals surface area (Å²) in [5, 5.41) is 10.4. The summed E-state index contributed by atoms with van der Waals surface area (Å²) in [6.07, 6.45) is 4.36. The molecular formula is C15H16ClN3S. The van der Waals surface area contributed by atoms with Gasteiger partial charge in [0, 0.05) is 23.2 Å². The number of rotatable bonds is 6. The first-order valence-corrected chi connectivity index (χ1v) is 8.05. The van der Waals surface area contributed by atoms with Crippen molar-refractivity contribution >= 4 is 23.4 Å². The third kappa shape index (κ3) is 3.07. The third-order valence-electron chi connectivity index (χ3n) is 3.26. The Morgan fingerprint density at radius 3 is 2.95 bits per heavy atom. The molecular weight excluding hydrogens is 290 g/mol. The van der Waals surface area contributed by atoms with Gasteiger partial charge in [-0.05, 0) is 30.5 Å². The van der Waals surface area contributed by atoms with Crippen LogP contribution in [0, 0.1) is 0 Å².